The van der Waals surface area contributed by atoms with Gasteiger partial charge in [0.05, 0.1) is 22.6 Å². The van der Waals surface area contributed by atoms with Gasteiger partial charge in [-0.05, 0) is 69.9 Å². The van der Waals surface area contributed by atoms with Crippen LogP contribution in [0.1, 0.15) is 0 Å². The molecule has 4 heteroatoms. The fraction of sp³-hybridized carbons (Fsp3) is 0. The minimum Gasteiger partial charge on any atom is -0.455 e. The van der Waals surface area contributed by atoms with Gasteiger partial charge in [-0.25, -0.2) is 15.0 Å². The predicted octanol–water partition coefficient (Wildman–Crippen LogP) is 14.1. The molecule has 11 rings (SSSR count). The van der Waals surface area contributed by atoms with Crippen LogP contribution in [0.2, 0.25) is 0 Å². The Morgan fingerprint density at radius 3 is 1.63 bits per heavy atom. The van der Waals surface area contributed by atoms with Crippen molar-refractivity contribution in [2.75, 3.05) is 0 Å². The van der Waals surface area contributed by atoms with Gasteiger partial charge in [0.2, 0.25) is 0 Å². The molecular weight excluding hydrogens is 695 g/mol. The van der Waals surface area contributed by atoms with Crippen LogP contribution in [0.4, 0.5) is 0 Å². The molecule has 0 unspecified atom stereocenters. The minimum absolute atomic E-state index is 0.671. The zero-order chi connectivity index (χ0) is 37.7. The zero-order valence-corrected chi connectivity index (χ0v) is 30.8. The van der Waals surface area contributed by atoms with Crippen molar-refractivity contribution in [3.63, 3.8) is 0 Å². The molecule has 0 aliphatic rings. The van der Waals surface area contributed by atoms with Crippen molar-refractivity contribution >= 4 is 43.6 Å². The second-order valence-electron chi connectivity index (χ2n) is 14.4. The summed E-state index contributed by atoms with van der Waals surface area (Å²) in [5, 5.41) is 5.61. The first-order valence-electron chi connectivity index (χ1n) is 19.2. The van der Waals surface area contributed by atoms with Crippen LogP contribution in [0.3, 0.4) is 0 Å². The van der Waals surface area contributed by atoms with Crippen molar-refractivity contribution < 1.29 is 4.42 Å². The number of rotatable bonds is 6. The lowest BCUT2D eigenvalue weighted by Crippen LogP contribution is -1.97. The first-order chi connectivity index (χ1) is 28.2. The van der Waals surface area contributed by atoms with E-state index in [4.69, 9.17) is 19.4 Å². The second kappa shape index (κ2) is 13.6. The van der Waals surface area contributed by atoms with Crippen LogP contribution in [-0.2, 0) is 0 Å². The Bertz CT molecular complexity index is 3220. The molecular formula is C53H33N3O. The van der Waals surface area contributed by atoms with Gasteiger partial charge in [0.1, 0.15) is 11.2 Å². The first kappa shape index (κ1) is 32.7. The lowest BCUT2D eigenvalue weighted by atomic mass is 9.90. The Morgan fingerprint density at radius 1 is 0.333 bits per heavy atom. The summed E-state index contributed by atoms with van der Waals surface area (Å²) < 4.78 is 6.65. The Kier molecular flexibility index (Phi) is 7.78. The molecule has 266 valence electrons. The van der Waals surface area contributed by atoms with Crippen LogP contribution in [0, 0.1) is 0 Å². The topological polar surface area (TPSA) is 51.8 Å². The van der Waals surface area contributed by atoms with Crippen molar-refractivity contribution in [1.29, 1.82) is 0 Å². The van der Waals surface area contributed by atoms with E-state index in [9.17, 15) is 0 Å². The third-order valence-corrected chi connectivity index (χ3v) is 10.9. The average molecular weight is 728 g/mol. The van der Waals surface area contributed by atoms with Crippen LogP contribution in [0.25, 0.3) is 111 Å². The Balaban J connectivity index is 1.24. The lowest BCUT2D eigenvalue weighted by molar-refractivity contribution is 0.670. The van der Waals surface area contributed by atoms with Gasteiger partial charge in [-0.2, -0.15) is 0 Å². The SMILES string of the molecule is c1ccc(-c2cc(-c3cc(-c4cccc5c4oc4ccccc45)cc(-c4cc(-c5ccccc5)nc5ccc6ccccc6c45)c3)nc(-c3ccccc3)n2)cc1. The number of para-hydroxylation sites is 2. The molecule has 0 fully saturated rings. The number of aromatic nitrogens is 3. The van der Waals surface area contributed by atoms with Crippen LogP contribution in [0.5, 0.6) is 0 Å². The van der Waals surface area contributed by atoms with Gasteiger partial charge in [0, 0.05) is 44.0 Å². The maximum Gasteiger partial charge on any atom is 0.160 e. The van der Waals surface area contributed by atoms with Gasteiger partial charge in [-0.1, -0.05) is 158 Å². The van der Waals surface area contributed by atoms with E-state index in [1.807, 2.05) is 42.5 Å². The number of pyridine rings is 1. The highest BCUT2D eigenvalue weighted by Crippen LogP contribution is 2.43. The molecule has 0 aliphatic heterocycles. The number of hydrogen-bond donors (Lipinski definition) is 0. The second-order valence-corrected chi connectivity index (χ2v) is 14.4. The normalized spacial score (nSPS) is 11.5. The van der Waals surface area contributed by atoms with Gasteiger partial charge in [0.15, 0.2) is 5.82 Å². The molecule has 8 aromatic carbocycles. The van der Waals surface area contributed by atoms with Gasteiger partial charge < -0.3 is 4.42 Å². The quantitative estimate of drug-likeness (QED) is 0.160. The maximum atomic E-state index is 6.65. The molecule has 0 N–H and O–H groups in total. The fourth-order valence-corrected chi connectivity index (χ4v) is 8.12. The van der Waals surface area contributed by atoms with E-state index in [0.29, 0.717) is 5.82 Å². The number of hydrogen-bond acceptors (Lipinski definition) is 4. The largest absolute Gasteiger partial charge is 0.455 e. The van der Waals surface area contributed by atoms with E-state index in [0.717, 1.165) is 99.8 Å². The smallest absolute Gasteiger partial charge is 0.160 e. The molecule has 0 radical (unpaired) electrons. The van der Waals surface area contributed by atoms with Crippen LogP contribution in [-0.4, -0.2) is 15.0 Å². The van der Waals surface area contributed by atoms with Crippen molar-refractivity contribution in [3.8, 4) is 67.4 Å². The number of fused-ring (bicyclic) bond motifs is 6. The van der Waals surface area contributed by atoms with Gasteiger partial charge in [-0.3, -0.25) is 0 Å². The van der Waals surface area contributed by atoms with E-state index in [-0.39, 0.29) is 0 Å². The molecule has 0 saturated carbocycles. The van der Waals surface area contributed by atoms with Gasteiger partial charge in [0.25, 0.3) is 0 Å². The zero-order valence-electron chi connectivity index (χ0n) is 30.8. The van der Waals surface area contributed by atoms with Crippen LogP contribution in [0.15, 0.2) is 205 Å². The molecule has 57 heavy (non-hydrogen) atoms. The van der Waals surface area contributed by atoms with E-state index in [1.54, 1.807) is 0 Å². The monoisotopic (exact) mass is 727 g/mol. The molecule has 0 bridgehead atoms. The van der Waals surface area contributed by atoms with Crippen molar-refractivity contribution in [3.05, 3.63) is 200 Å². The first-order valence-corrected chi connectivity index (χ1v) is 19.2. The van der Waals surface area contributed by atoms with E-state index in [2.05, 4.69) is 158 Å². The summed E-state index contributed by atoms with van der Waals surface area (Å²) in [6.07, 6.45) is 0. The van der Waals surface area contributed by atoms with Crippen molar-refractivity contribution in [1.82, 2.24) is 15.0 Å². The summed E-state index contributed by atoms with van der Waals surface area (Å²) >= 11 is 0. The minimum atomic E-state index is 0.671. The molecule has 11 aromatic rings. The molecule has 3 heterocycles. The summed E-state index contributed by atoms with van der Waals surface area (Å²) in [7, 11) is 0. The number of benzene rings is 8. The Morgan fingerprint density at radius 2 is 0.895 bits per heavy atom. The molecule has 0 amide bonds. The Labute approximate surface area is 329 Å². The van der Waals surface area contributed by atoms with Crippen molar-refractivity contribution in [2.24, 2.45) is 0 Å². The van der Waals surface area contributed by atoms with Crippen LogP contribution >= 0.6 is 0 Å². The highest BCUT2D eigenvalue weighted by Gasteiger charge is 2.19. The average Bonchev–Trinajstić information content (AvgIpc) is 3.68. The lowest BCUT2D eigenvalue weighted by Gasteiger charge is -2.16. The summed E-state index contributed by atoms with van der Waals surface area (Å²) in [4.78, 5) is 15.7. The molecule has 0 spiro atoms. The molecule has 0 atom stereocenters. The van der Waals surface area contributed by atoms with Crippen molar-refractivity contribution in [2.45, 2.75) is 0 Å². The number of nitrogens with zero attached hydrogens (tertiary/aromatic N) is 3. The van der Waals surface area contributed by atoms with Crippen LogP contribution < -0.4 is 0 Å². The van der Waals surface area contributed by atoms with E-state index >= 15 is 0 Å². The molecule has 4 nitrogen and oxygen atoms in total. The number of furan rings is 1. The van der Waals surface area contributed by atoms with Gasteiger partial charge in [-0.15, -0.1) is 0 Å². The molecule has 0 saturated heterocycles. The standard InChI is InChI=1S/C53H33N3O/c1-4-16-35(17-5-1)47-32-45(51-41-22-11-10-15-34(41)27-28-46(51)54-47)39-29-38(42-24-14-25-44-43-23-12-13-26-50(43)57-52(42)44)30-40(31-39)49-33-48(36-18-6-2-7-19-36)55-53(56-49)37-20-8-3-9-21-37/h1-33H. The summed E-state index contributed by atoms with van der Waals surface area (Å²) in [5.41, 5.74) is 13.5. The summed E-state index contributed by atoms with van der Waals surface area (Å²) in [5.74, 6) is 0.671. The van der Waals surface area contributed by atoms with Gasteiger partial charge >= 0.3 is 0 Å². The summed E-state index contributed by atoms with van der Waals surface area (Å²) in [6.45, 7) is 0. The molecule has 0 aliphatic carbocycles. The van der Waals surface area contributed by atoms with E-state index < -0.39 is 0 Å². The highest BCUT2D eigenvalue weighted by atomic mass is 16.3. The highest BCUT2D eigenvalue weighted by molar-refractivity contribution is 6.15. The third kappa shape index (κ3) is 5.83. The maximum absolute atomic E-state index is 6.65. The summed E-state index contributed by atoms with van der Waals surface area (Å²) in [6, 6.07) is 69.8. The predicted molar refractivity (Wildman–Crippen MR) is 235 cm³/mol. The Hall–Kier alpha value is -7.69. The third-order valence-electron chi connectivity index (χ3n) is 10.9. The molecule has 3 aromatic heterocycles. The van der Waals surface area contributed by atoms with E-state index in [1.165, 1.54) is 5.39 Å². The fourth-order valence-electron chi connectivity index (χ4n) is 8.12.